The van der Waals surface area contributed by atoms with Crippen LogP contribution in [0.25, 0.3) is 0 Å². The van der Waals surface area contributed by atoms with Gasteiger partial charge in [-0.2, -0.15) is 5.10 Å². The number of nitrogens with one attached hydrogen (secondary N) is 1. The monoisotopic (exact) mass is 415 g/mol. The van der Waals surface area contributed by atoms with Crippen LogP contribution < -0.4 is 10.3 Å². The van der Waals surface area contributed by atoms with E-state index in [0.29, 0.717) is 6.42 Å². The molecule has 1 N–H and O–H groups in total. The first-order valence-electron chi connectivity index (χ1n) is 9.03. The van der Waals surface area contributed by atoms with Crippen LogP contribution in [0.5, 0.6) is 0 Å². The number of nitrogens with zero attached hydrogens (tertiary/aromatic N) is 2. The van der Waals surface area contributed by atoms with Gasteiger partial charge in [0.15, 0.2) is 0 Å². The number of hydrogen-bond donors (Lipinski definition) is 1. The van der Waals surface area contributed by atoms with E-state index in [9.17, 15) is 4.79 Å². The second-order valence-electron chi connectivity index (χ2n) is 6.18. The number of amides is 1. The summed E-state index contributed by atoms with van der Waals surface area (Å²) in [7, 11) is 0. The molecule has 0 bridgehead atoms. The average molecular weight is 416 g/mol. The molecule has 0 spiro atoms. The van der Waals surface area contributed by atoms with Crippen LogP contribution in [0.4, 0.5) is 5.69 Å². The van der Waals surface area contributed by atoms with Gasteiger partial charge in [-0.05, 0) is 48.2 Å². The van der Waals surface area contributed by atoms with E-state index in [-0.39, 0.29) is 5.91 Å². The average Bonchev–Trinajstić information content (AvgIpc) is 2.64. The van der Waals surface area contributed by atoms with Gasteiger partial charge in [0, 0.05) is 23.2 Å². The number of carbonyl (C=O) groups is 1. The highest BCUT2D eigenvalue weighted by Crippen LogP contribution is 2.15. The molecule has 0 aliphatic carbocycles. The predicted molar refractivity (Wildman–Crippen MR) is 113 cm³/mol. The fourth-order valence-corrected chi connectivity index (χ4v) is 2.95. The lowest BCUT2D eigenvalue weighted by atomic mass is 10.1. The molecule has 0 fully saturated rings. The molecule has 5 heteroatoms. The molecule has 0 aromatic heterocycles. The van der Waals surface area contributed by atoms with E-state index in [1.807, 2.05) is 36.4 Å². The molecule has 0 saturated carbocycles. The molecule has 0 atom stereocenters. The highest BCUT2D eigenvalue weighted by molar-refractivity contribution is 9.10. The van der Waals surface area contributed by atoms with E-state index in [4.69, 9.17) is 0 Å². The van der Waals surface area contributed by atoms with Crippen molar-refractivity contribution in [1.29, 1.82) is 0 Å². The van der Waals surface area contributed by atoms with Gasteiger partial charge < -0.3 is 4.90 Å². The molecule has 4 nitrogen and oxygen atoms in total. The van der Waals surface area contributed by atoms with Crippen LogP contribution in [-0.2, 0) is 11.2 Å². The van der Waals surface area contributed by atoms with E-state index < -0.39 is 0 Å². The lowest BCUT2D eigenvalue weighted by molar-refractivity contribution is -0.120. The number of hydrazone groups is 1. The maximum Gasteiger partial charge on any atom is 0.244 e. The maximum atomic E-state index is 11.9. The molecule has 138 valence electrons. The molecule has 2 aromatic carbocycles. The van der Waals surface area contributed by atoms with Gasteiger partial charge in [-0.25, -0.2) is 5.43 Å². The first-order chi connectivity index (χ1) is 12.6. The Morgan fingerprint density at radius 3 is 2.23 bits per heavy atom. The van der Waals surface area contributed by atoms with Crippen LogP contribution in [0, 0.1) is 0 Å². The normalized spacial score (nSPS) is 10.9. The van der Waals surface area contributed by atoms with Gasteiger partial charge in [0.2, 0.25) is 5.91 Å². The molecule has 26 heavy (non-hydrogen) atoms. The van der Waals surface area contributed by atoms with Crippen LogP contribution in [0.3, 0.4) is 0 Å². The Kier molecular flexibility index (Phi) is 8.35. The zero-order valence-corrected chi connectivity index (χ0v) is 17.0. The number of rotatable bonds is 9. The summed E-state index contributed by atoms with van der Waals surface area (Å²) in [6.45, 7) is 6.52. The third-order valence-electron chi connectivity index (χ3n) is 3.93. The lowest BCUT2D eigenvalue weighted by Crippen LogP contribution is -2.24. The van der Waals surface area contributed by atoms with Gasteiger partial charge in [0.25, 0.3) is 0 Å². The van der Waals surface area contributed by atoms with E-state index in [1.165, 1.54) is 5.69 Å². The number of hydrogen-bond acceptors (Lipinski definition) is 3. The molecule has 0 unspecified atom stereocenters. The SMILES string of the molecule is CCCN(CCC)c1ccc(/C=N/NC(=O)Cc2ccc(Br)cc2)cc1. The quantitative estimate of drug-likeness (QED) is 0.473. The van der Waals surface area contributed by atoms with Crippen molar-refractivity contribution < 1.29 is 4.79 Å². The number of carbonyl (C=O) groups excluding carboxylic acids is 1. The van der Waals surface area contributed by atoms with Crippen molar-refractivity contribution >= 4 is 33.7 Å². The van der Waals surface area contributed by atoms with Crippen LogP contribution >= 0.6 is 15.9 Å². The first kappa shape index (κ1) is 20.2. The molecule has 1 amide bonds. The largest absolute Gasteiger partial charge is 0.372 e. The van der Waals surface area contributed by atoms with E-state index >= 15 is 0 Å². The molecule has 0 aliphatic rings. The van der Waals surface area contributed by atoms with E-state index in [2.05, 4.69) is 57.3 Å². The number of anilines is 1. The molecule has 0 radical (unpaired) electrons. The van der Waals surface area contributed by atoms with Crippen molar-refractivity contribution in [3.63, 3.8) is 0 Å². The highest BCUT2D eigenvalue weighted by atomic mass is 79.9. The minimum atomic E-state index is -0.128. The second kappa shape index (κ2) is 10.8. The molecule has 0 heterocycles. The van der Waals surface area contributed by atoms with Gasteiger partial charge in [0.1, 0.15) is 0 Å². The van der Waals surface area contributed by atoms with Crippen molar-refractivity contribution in [2.75, 3.05) is 18.0 Å². The zero-order valence-electron chi connectivity index (χ0n) is 15.4. The van der Waals surface area contributed by atoms with Crippen LogP contribution in [-0.4, -0.2) is 25.2 Å². The van der Waals surface area contributed by atoms with Gasteiger partial charge in [-0.3, -0.25) is 4.79 Å². The molecular formula is C21H26BrN3O. The summed E-state index contributed by atoms with van der Waals surface area (Å²) in [5, 5.41) is 4.06. The lowest BCUT2D eigenvalue weighted by Gasteiger charge is -2.23. The summed E-state index contributed by atoms with van der Waals surface area (Å²) in [5.74, 6) is -0.128. The topological polar surface area (TPSA) is 44.7 Å². The van der Waals surface area contributed by atoms with Gasteiger partial charge in [0.05, 0.1) is 12.6 Å². The van der Waals surface area contributed by atoms with E-state index in [1.54, 1.807) is 6.21 Å². The molecule has 2 aromatic rings. The minimum Gasteiger partial charge on any atom is -0.372 e. The van der Waals surface area contributed by atoms with Gasteiger partial charge >= 0.3 is 0 Å². The van der Waals surface area contributed by atoms with Crippen LogP contribution in [0.15, 0.2) is 58.1 Å². The van der Waals surface area contributed by atoms with Crippen LogP contribution in [0.2, 0.25) is 0 Å². The van der Waals surface area contributed by atoms with E-state index in [0.717, 1.165) is 41.5 Å². The Labute approximate surface area is 164 Å². The minimum absolute atomic E-state index is 0.128. The Morgan fingerprint density at radius 2 is 1.65 bits per heavy atom. The number of halogens is 1. The first-order valence-corrected chi connectivity index (χ1v) is 9.83. The Morgan fingerprint density at radius 1 is 1.04 bits per heavy atom. The zero-order chi connectivity index (χ0) is 18.8. The Hall–Kier alpha value is -2.14. The standard InChI is InChI=1S/C21H26BrN3O/c1-3-13-25(14-4-2)20-11-7-18(8-12-20)16-23-24-21(26)15-17-5-9-19(22)10-6-17/h5-12,16H,3-4,13-15H2,1-2H3,(H,24,26)/b23-16+. The Bertz CT molecular complexity index is 705. The summed E-state index contributed by atoms with van der Waals surface area (Å²) < 4.78 is 1.000. The summed E-state index contributed by atoms with van der Waals surface area (Å²) in [6.07, 6.45) is 4.25. The van der Waals surface area contributed by atoms with Crippen molar-refractivity contribution in [3.05, 3.63) is 64.1 Å². The highest BCUT2D eigenvalue weighted by Gasteiger charge is 2.04. The molecular weight excluding hydrogens is 390 g/mol. The smallest absolute Gasteiger partial charge is 0.244 e. The van der Waals surface area contributed by atoms with Crippen molar-refractivity contribution in [2.24, 2.45) is 5.10 Å². The second-order valence-corrected chi connectivity index (χ2v) is 7.09. The van der Waals surface area contributed by atoms with Crippen molar-refractivity contribution in [1.82, 2.24) is 5.43 Å². The third kappa shape index (κ3) is 6.64. The fourth-order valence-electron chi connectivity index (χ4n) is 2.69. The van der Waals surface area contributed by atoms with Gasteiger partial charge in [-0.15, -0.1) is 0 Å². The summed E-state index contributed by atoms with van der Waals surface area (Å²) in [6, 6.07) is 16.0. The Balaban J connectivity index is 1.87. The van der Waals surface area contributed by atoms with Crippen molar-refractivity contribution in [2.45, 2.75) is 33.1 Å². The molecule has 2 rings (SSSR count). The fraction of sp³-hybridized carbons (Fsp3) is 0.333. The summed E-state index contributed by atoms with van der Waals surface area (Å²) in [4.78, 5) is 14.3. The predicted octanol–water partition coefficient (Wildman–Crippen LogP) is 4.77. The summed E-state index contributed by atoms with van der Waals surface area (Å²) >= 11 is 3.38. The number of benzene rings is 2. The van der Waals surface area contributed by atoms with Crippen molar-refractivity contribution in [3.8, 4) is 0 Å². The van der Waals surface area contributed by atoms with Crippen LogP contribution in [0.1, 0.15) is 37.8 Å². The summed E-state index contributed by atoms with van der Waals surface area (Å²) in [5.41, 5.74) is 5.73. The van der Waals surface area contributed by atoms with Gasteiger partial charge in [-0.1, -0.05) is 54.0 Å². The third-order valence-corrected chi connectivity index (χ3v) is 4.45. The molecule has 0 saturated heterocycles. The maximum absolute atomic E-state index is 11.9. The molecule has 0 aliphatic heterocycles.